The van der Waals surface area contributed by atoms with E-state index in [0.717, 1.165) is 30.1 Å². The van der Waals surface area contributed by atoms with Crippen molar-refractivity contribution >= 4 is 54.4 Å². The summed E-state index contributed by atoms with van der Waals surface area (Å²) in [6, 6.07) is 6.56. The lowest BCUT2D eigenvalue weighted by atomic mass is 10.3. The maximum atomic E-state index is 12.2. The first-order valence-electron chi connectivity index (χ1n) is 8.99. The monoisotopic (exact) mass is 449 g/mol. The number of nitrogens with one attached hydrogen (secondary N) is 1. The molecule has 0 aliphatic carbocycles. The number of unbranched alkanes of at least 4 members (excludes halogenated alkanes) is 1. The lowest BCUT2D eigenvalue weighted by molar-refractivity contribution is 0.597. The molecule has 4 rings (SSSR count). The lowest BCUT2D eigenvalue weighted by Gasteiger charge is -2.08. The quantitative estimate of drug-likeness (QED) is 0.418. The van der Waals surface area contributed by atoms with E-state index in [1.807, 2.05) is 11.4 Å². The predicted molar refractivity (Wildman–Crippen MR) is 116 cm³/mol. The van der Waals surface area contributed by atoms with Crippen molar-refractivity contribution in [3.63, 3.8) is 0 Å². The largest absolute Gasteiger partial charge is 0.319 e. The Morgan fingerprint density at radius 1 is 1.24 bits per heavy atom. The standard InChI is InChI=1S/C18H19N5O3S3/c1-2-3-7-23-14-5-4-11(29(19,25)26)9-13(14)21-18(23)28-10-15-20-12-6-8-27-16(12)17(24)22-15/h4-6,8-9H,2-3,7,10H2,1H3,(H2,19,25,26)(H,20,22,24). The van der Waals surface area contributed by atoms with Gasteiger partial charge in [0.25, 0.3) is 5.56 Å². The first-order chi connectivity index (χ1) is 13.9. The summed E-state index contributed by atoms with van der Waals surface area (Å²) < 4.78 is 26.0. The van der Waals surface area contributed by atoms with Crippen LogP contribution in [0.3, 0.4) is 0 Å². The van der Waals surface area contributed by atoms with Gasteiger partial charge in [-0.2, -0.15) is 0 Å². The minimum absolute atomic E-state index is 0.0376. The molecule has 0 fully saturated rings. The molecular formula is C18H19N5O3S3. The van der Waals surface area contributed by atoms with E-state index < -0.39 is 10.0 Å². The number of thiophene rings is 1. The number of benzene rings is 1. The average molecular weight is 450 g/mol. The Morgan fingerprint density at radius 3 is 2.83 bits per heavy atom. The van der Waals surface area contributed by atoms with Gasteiger partial charge in [-0.15, -0.1) is 11.3 Å². The minimum Gasteiger partial charge on any atom is -0.319 e. The molecule has 8 nitrogen and oxygen atoms in total. The zero-order chi connectivity index (χ0) is 20.6. The Hall–Kier alpha value is -2.21. The Kier molecular flexibility index (Phi) is 5.47. The third kappa shape index (κ3) is 4.08. The Morgan fingerprint density at radius 2 is 2.07 bits per heavy atom. The SMILES string of the molecule is CCCCn1c(SCc2nc3ccsc3c(=O)[nH]2)nc2cc(S(N)(=O)=O)ccc21. The molecule has 11 heteroatoms. The van der Waals surface area contributed by atoms with Crippen LogP contribution in [-0.2, 0) is 22.3 Å². The molecule has 0 bridgehead atoms. The van der Waals surface area contributed by atoms with E-state index in [1.165, 1.54) is 35.2 Å². The highest BCUT2D eigenvalue weighted by atomic mass is 32.2. The number of rotatable bonds is 7. The maximum absolute atomic E-state index is 12.2. The highest BCUT2D eigenvalue weighted by Gasteiger charge is 2.16. The third-order valence-corrected chi connectivity index (χ3v) is 7.25. The first-order valence-corrected chi connectivity index (χ1v) is 12.4. The van der Waals surface area contributed by atoms with Crippen molar-refractivity contribution in [2.45, 2.75) is 42.1 Å². The fourth-order valence-corrected chi connectivity index (χ4v) is 5.20. The van der Waals surface area contributed by atoms with Gasteiger partial charge < -0.3 is 9.55 Å². The molecule has 3 N–H and O–H groups in total. The summed E-state index contributed by atoms with van der Waals surface area (Å²) in [7, 11) is -3.79. The van der Waals surface area contributed by atoms with E-state index >= 15 is 0 Å². The summed E-state index contributed by atoms with van der Waals surface area (Å²) in [6.07, 6.45) is 1.98. The van der Waals surface area contributed by atoms with E-state index in [-0.39, 0.29) is 10.5 Å². The number of aryl methyl sites for hydroxylation is 1. The van der Waals surface area contributed by atoms with Gasteiger partial charge in [-0.05, 0) is 36.1 Å². The maximum Gasteiger partial charge on any atom is 0.268 e. The van der Waals surface area contributed by atoms with Gasteiger partial charge in [-0.3, -0.25) is 4.79 Å². The molecule has 0 radical (unpaired) electrons. The van der Waals surface area contributed by atoms with Crippen molar-refractivity contribution in [2.24, 2.45) is 5.14 Å². The Balaban J connectivity index is 1.69. The zero-order valence-corrected chi connectivity index (χ0v) is 18.0. The predicted octanol–water partition coefficient (Wildman–Crippen LogP) is 3.07. The molecule has 0 aliphatic heterocycles. The van der Waals surface area contributed by atoms with Crippen LogP contribution >= 0.6 is 23.1 Å². The molecular weight excluding hydrogens is 430 g/mol. The average Bonchev–Trinajstić information content (AvgIpc) is 3.28. The van der Waals surface area contributed by atoms with Gasteiger partial charge in [-0.1, -0.05) is 25.1 Å². The number of hydrogen-bond donors (Lipinski definition) is 2. The molecule has 0 aliphatic rings. The molecule has 0 spiro atoms. The van der Waals surface area contributed by atoms with E-state index in [2.05, 4.69) is 26.4 Å². The Labute approximate surface area is 175 Å². The fraction of sp³-hybridized carbons (Fsp3) is 0.278. The number of fused-ring (bicyclic) bond motifs is 2. The number of thioether (sulfide) groups is 1. The molecule has 29 heavy (non-hydrogen) atoms. The van der Waals surface area contributed by atoms with Gasteiger partial charge in [0.15, 0.2) is 5.16 Å². The van der Waals surface area contributed by atoms with Gasteiger partial charge in [0.05, 0.1) is 27.2 Å². The number of nitrogens with two attached hydrogens (primary N) is 1. The molecule has 4 aromatic rings. The van der Waals surface area contributed by atoms with E-state index in [1.54, 1.807) is 6.07 Å². The zero-order valence-electron chi connectivity index (χ0n) is 15.6. The summed E-state index contributed by atoms with van der Waals surface area (Å²) in [6.45, 7) is 2.87. The topological polar surface area (TPSA) is 124 Å². The van der Waals surface area contributed by atoms with Crippen LogP contribution in [0.4, 0.5) is 0 Å². The summed E-state index contributed by atoms with van der Waals surface area (Å²) in [5.41, 5.74) is 1.97. The van der Waals surface area contributed by atoms with Crippen molar-refractivity contribution < 1.29 is 8.42 Å². The molecule has 0 saturated carbocycles. The van der Waals surface area contributed by atoms with Crippen molar-refractivity contribution in [3.8, 4) is 0 Å². The van der Waals surface area contributed by atoms with E-state index in [9.17, 15) is 13.2 Å². The number of imidazole rings is 1. The smallest absolute Gasteiger partial charge is 0.268 e. The molecule has 1 aromatic carbocycles. The highest BCUT2D eigenvalue weighted by Crippen LogP contribution is 2.28. The molecule has 0 atom stereocenters. The number of aromatic nitrogens is 4. The molecule has 0 saturated heterocycles. The van der Waals surface area contributed by atoms with Crippen LogP contribution in [0.2, 0.25) is 0 Å². The normalized spacial score (nSPS) is 12.2. The van der Waals surface area contributed by atoms with Gasteiger partial charge in [0.1, 0.15) is 10.5 Å². The second-order valence-electron chi connectivity index (χ2n) is 6.53. The number of aromatic amines is 1. The molecule has 152 valence electrons. The van der Waals surface area contributed by atoms with Crippen LogP contribution in [0.25, 0.3) is 21.3 Å². The van der Waals surface area contributed by atoms with Crippen molar-refractivity contribution in [2.75, 3.05) is 0 Å². The summed E-state index contributed by atoms with van der Waals surface area (Å²) >= 11 is 2.82. The summed E-state index contributed by atoms with van der Waals surface area (Å²) in [4.78, 5) is 24.2. The minimum atomic E-state index is -3.79. The number of H-pyrrole nitrogens is 1. The van der Waals surface area contributed by atoms with Crippen LogP contribution in [-0.4, -0.2) is 27.9 Å². The third-order valence-electron chi connectivity index (χ3n) is 4.45. The lowest BCUT2D eigenvalue weighted by Crippen LogP contribution is -2.11. The number of hydrogen-bond acceptors (Lipinski definition) is 7. The van der Waals surface area contributed by atoms with Gasteiger partial charge >= 0.3 is 0 Å². The highest BCUT2D eigenvalue weighted by molar-refractivity contribution is 7.98. The fourth-order valence-electron chi connectivity index (χ4n) is 3.03. The summed E-state index contributed by atoms with van der Waals surface area (Å²) in [5.74, 6) is 1.02. The van der Waals surface area contributed by atoms with Gasteiger partial charge in [0, 0.05) is 6.54 Å². The Bertz CT molecular complexity index is 1350. The molecule has 3 aromatic heterocycles. The van der Waals surface area contributed by atoms with Gasteiger partial charge in [-0.25, -0.2) is 23.5 Å². The van der Waals surface area contributed by atoms with Crippen molar-refractivity contribution in [1.82, 2.24) is 19.5 Å². The van der Waals surface area contributed by atoms with Crippen LogP contribution < -0.4 is 10.7 Å². The van der Waals surface area contributed by atoms with Crippen LogP contribution in [0, 0.1) is 0 Å². The number of primary sulfonamides is 1. The van der Waals surface area contributed by atoms with Crippen LogP contribution in [0.1, 0.15) is 25.6 Å². The van der Waals surface area contributed by atoms with E-state index in [4.69, 9.17) is 5.14 Å². The summed E-state index contributed by atoms with van der Waals surface area (Å²) in [5, 5.41) is 7.84. The van der Waals surface area contributed by atoms with Crippen molar-refractivity contribution in [1.29, 1.82) is 0 Å². The molecule has 3 heterocycles. The number of sulfonamides is 1. The van der Waals surface area contributed by atoms with Crippen LogP contribution in [0.5, 0.6) is 0 Å². The van der Waals surface area contributed by atoms with E-state index in [0.29, 0.717) is 27.3 Å². The second kappa shape index (κ2) is 7.90. The number of nitrogens with zero attached hydrogens (tertiary/aromatic N) is 3. The first kappa shape index (κ1) is 20.1. The van der Waals surface area contributed by atoms with Gasteiger partial charge in [0.2, 0.25) is 10.0 Å². The van der Waals surface area contributed by atoms with Crippen LogP contribution in [0.15, 0.2) is 44.5 Å². The second-order valence-corrected chi connectivity index (χ2v) is 9.95. The molecule has 0 amide bonds. The van der Waals surface area contributed by atoms with Crippen molar-refractivity contribution in [3.05, 3.63) is 45.8 Å². The molecule has 0 unspecified atom stereocenters.